The molecule has 0 radical (unpaired) electrons. The zero-order chi connectivity index (χ0) is 17.4. The molecule has 23 heavy (non-hydrogen) atoms. The van der Waals surface area contributed by atoms with E-state index in [-0.39, 0.29) is 17.9 Å². The van der Waals surface area contributed by atoms with Gasteiger partial charge in [0.15, 0.2) is 0 Å². The summed E-state index contributed by atoms with van der Waals surface area (Å²) in [6, 6.07) is 4.45. The molecule has 1 aromatic carbocycles. The number of carbonyl (C=O) groups excluding carboxylic acids is 1. The highest BCUT2D eigenvalue weighted by Crippen LogP contribution is 2.38. The van der Waals surface area contributed by atoms with Crippen molar-refractivity contribution in [2.75, 3.05) is 6.61 Å². The number of phenols is 1. The summed E-state index contributed by atoms with van der Waals surface area (Å²) in [6.07, 6.45) is 1.66. The average Bonchev–Trinajstić information content (AvgIpc) is 2.66. The van der Waals surface area contributed by atoms with Gasteiger partial charge in [-0.05, 0) is 50.9 Å². The van der Waals surface area contributed by atoms with Crippen molar-refractivity contribution in [3.05, 3.63) is 34.8 Å². The molecule has 1 fully saturated rings. The van der Waals surface area contributed by atoms with Crippen molar-refractivity contribution in [2.24, 2.45) is 5.73 Å². The summed E-state index contributed by atoms with van der Waals surface area (Å²) in [6.45, 7) is 7.44. The van der Waals surface area contributed by atoms with Gasteiger partial charge in [-0.3, -0.25) is 4.79 Å². The van der Waals surface area contributed by atoms with E-state index in [9.17, 15) is 15.0 Å². The van der Waals surface area contributed by atoms with Crippen molar-refractivity contribution in [1.29, 1.82) is 0 Å². The number of benzene rings is 1. The van der Waals surface area contributed by atoms with Gasteiger partial charge in [0.2, 0.25) is 0 Å². The molecule has 0 atom stereocenters. The Bertz CT molecular complexity index is 638. The van der Waals surface area contributed by atoms with Gasteiger partial charge in [0.05, 0.1) is 23.4 Å². The molecule has 0 spiro atoms. The molecule has 1 aliphatic rings. The van der Waals surface area contributed by atoms with E-state index in [1.54, 1.807) is 12.1 Å². The molecule has 0 aliphatic carbocycles. The van der Waals surface area contributed by atoms with E-state index in [1.165, 1.54) is 12.1 Å². The van der Waals surface area contributed by atoms with E-state index in [0.29, 0.717) is 11.0 Å². The van der Waals surface area contributed by atoms with Crippen LogP contribution in [0.25, 0.3) is 6.08 Å². The molecular formula is C16H22BNO5. The number of primary amides is 1. The third-order valence-corrected chi connectivity index (χ3v) is 4.38. The number of nitrogens with two attached hydrogens (primary N) is 1. The SMILES string of the molecule is CC1(C)OB(C(=Cc2ccc(O)c(C(N)=O)c2)CO)OC1(C)C. The Morgan fingerprint density at radius 3 is 2.30 bits per heavy atom. The van der Waals surface area contributed by atoms with Gasteiger partial charge in [-0.1, -0.05) is 12.1 Å². The first kappa shape index (κ1) is 17.5. The summed E-state index contributed by atoms with van der Waals surface area (Å²) in [5, 5.41) is 19.3. The molecule has 1 heterocycles. The Morgan fingerprint density at radius 2 is 1.83 bits per heavy atom. The first-order chi connectivity index (χ1) is 10.6. The standard InChI is InChI=1S/C16H22BNO5/c1-15(2)16(3,4)23-17(22-15)11(9-19)7-10-5-6-13(20)12(8-10)14(18)21/h5-8,19-20H,9H2,1-4H3,(H2,18,21). The van der Waals surface area contributed by atoms with Gasteiger partial charge in [0.1, 0.15) is 5.75 Å². The van der Waals surface area contributed by atoms with Gasteiger partial charge in [0.25, 0.3) is 5.91 Å². The molecular weight excluding hydrogens is 297 g/mol. The molecule has 0 unspecified atom stereocenters. The molecule has 0 bridgehead atoms. The minimum Gasteiger partial charge on any atom is -0.507 e. The Balaban J connectivity index is 2.34. The third-order valence-electron chi connectivity index (χ3n) is 4.38. The van der Waals surface area contributed by atoms with Crippen molar-refractivity contribution in [3.63, 3.8) is 0 Å². The molecule has 1 saturated heterocycles. The Morgan fingerprint density at radius 1 is 1.26 bits per heavy atom. The van der Waals surface area contributed by atoms with E-state index in [2.05, 4.69) is 0 Å². The summed E-state index contributed by atoms with van der Waals surface area (Å²) in [4.78, 5) is 11.3. The smallest absolute Gasteiger partial charge is 0.492 e. The lowest BCUT2D eigenvalue weighted by atomic mass is 9.77. The molecule has 0 saturated carbocycles. The highest BCUT2D eigenvalue weighted by Gasteiger charge is 2.52. The maximum absolute atomic E-state index is 11.3. The van der Waals surface area contributed by atoms with Crippen LogP contribution in [0.1, 0.15) is 43.6 Å². The van der Waals surface area contributed by atoms with Crippen LogP contribution >= 0.6 is 0 Å². The molecule has 1 aromatic rings. The van der Waals surface area contributed by atoms with Crippen LogP contribution in [0.5, 0.6) is 5.75 Å². The number of amides is 1. The normalized spacial score (nSPS) is 19.9. The zero-order valence-corrected chi connectivity index (χ0v) is 13.8. The molecule has 124 valence electrons. The van der Waals surface area contributed by atoms with Gasteiger partial charge in [-0.25, -0.2) is 0 Å². The monoisotopic (exact) mass is 319 g/mol. The predicted molar refractivity (Wildman–Crippen MR) is 87.8 cm³/mol. The summed E-state index contributed by atoms with van der Waals surface area (Å²) in [7, 11) is -0.684. The quantitative estimate of drug-likeness (QED) is 0.730. The summed E-state index contributed by atoms with van der Waals surface area (Å²) in [5.74, 6) is -0.908. The Hall–Kier alpha value is -1.83. The number of carbonyl (C=O) groups is 1. The lowest BCUT2D eigenvalue weighted by Gasteiger charge is -2.32. The van der Waals surface area contributed by atoms with Gasteiger partial charge in [-0.15, -0.1) is 0 Å². The highest BCUT2D eigenvalue weighted by molar-refractivity contribution is 6.55. The van der Waals surface area contributed by atoms with Gasteiger partial charge >= 0.3 is 7.12 Å². The number of hydrogen-bond donors (Lipinski definition) is 3. The van der Waals surface area contributed by atoms with E-state index in [1.807, 2.05) is 27.7 Å². The predicted octanol–water partition coefficient (Wildman–Crippen LogP) is 1.50. The highest BCUT2D eigenvalue weighted by atomic mass is 16.7. The minimum atomic E-state index is -0.723. The minimum absolute atomic E-state index is 0.0185. The van der Waals surface area contributed by atoms with Gasteiger partial charge in [-0.2, -0.15) is 0 Å². The van der Waals surface area contributed by atoms with Crippen molar-refractivity contribution in [1.82, 2.24) is 0 Å². The van der Waals surface area contributed by atoms with Crippen LogP contribution in [0, 0.1) is 0 Å². The number of rotatable bonds is 4. The molecule has 6 nitrogen and oxygen atoms in total. The number of hydrogen-bond acceptors (Lipinski definition) is 5. The molecule has 1 aliphatic heterocycles. The van der Waals surface area contributed by atoms with Crippen LogP contribution in [0.4, 0.5) is 0 Å². The topological polar surface area (TPSA) is 102 Å². The fraction of sp³-hybridized carbons (Fsp3) is 0.438. The number of aliphatic hydroxyl groups is 1. The zero-order valence-electron chi connectivity index (χ0n) is 13.8. The van der Waals surface area contributed by atoms with Crippen molar-refractivity contribution >= 4 is 19.1 Å². The fourth-order valence-electron chi connectivity index (χ4n) is 2.24. The molecule has 4 N–H and O–H groups in total. The second kappa shape index (κ2) is 6.00. The molecule has 2 rings (SSSR count). The van der Waals surface area contributed by atoms with Crippen LogP contribution in [0.3, 0.4) is 0 Å². The number of aliphatic hydroxyl groups excluding tert-OH is 1. The molecule has 7 heteroatoms. The third kappa shape index (κ3) is 3.42. The second-order valence-electron chi connectivity index (χ2n) is 6.61. The van der Waals surface area contributed by atoms with Crippen LogP contribution in [-0.4, -0.2) is 41.0 Å². The maximum Gasteiger partial charge on any atom is 0.492 e. The first-order valence-electron chi connectivity index (χ1n) is 7.37. The maximum atomic E-state index is 11.3. The lowest BCUT2D eigenvalue weighted by Crippen LogP contribution is -2.41. The van der Waals surface area contributed by atoms with Crippen LogP contribution in [0.2, 0.25) is 0 Å². The Kier molecular flexibility index (Phi) is 4.57. The van der Waals surface area contributed by atoms with Crippen LogP contribution in [-0.2, 0) is 9.31 Å². The molecule has 1 amide bonds. The van der Waals surface area contributed by atoms with Crippen molar-refractivity contribution in [2.45, 2.75) is 38.9 Å². The van der Waals surface area contributed by atoms with Gasteiger partial charge in [0, 0.05) is 0 Å². The second-order valence-corrected chi connectivity index (χ2v) is 6.61. The summed E-state index contributed by atoms with van der Waals surface area (Å²) in [5.41, 5.74) is 5.34. The number of aromatic hydroxyl groups is 1. The van der Waals surface area contributed by atoms with E-state index in [0.717, 1.165) is 0 Å². The van der Waals surface area contributed by atoms with Crippen molar-refractivity contribution < 1.29 is 24.3 Å². The largest absolute Gasteiger partial charge is 0.507 e. The van der Waals surface area contributed by atoms with E-state index in [4.69, 9.17) is 15.0 Å². The van der Waals surface area contributed by atoms with Crippen LogP contribution < -0.4 is 5.73 Å². The fourth-order valence-corrected chi connectivity index (χ4v) is 2.24. The summed E-state index contributed by atoms with van der Waals surface area (Å²) >= 11 is 0. The van der Waals surface area contributed by atoms with E-state index < -0.39 is 24.2 Å². The first-order valence-corrected chi connectivity index (χ1v) is 7.37. The van der Waals surface area contributed by atoms with Gasteiger partial charge < -0.3 is 25.3 Å². The van der Waals surface area contributed by atoms with Crippen LogP contribution in [0.15, 0.2) is 23.7 Å². The Labute approximate surface area is 136 Å². The average molecular weight is 319 g/mol. The lowest BCUT2D eigenvalue weighted by molar-refractivity contribution is 0.00578. The van der Waals surface area contributed by atoms with E-state index >= 15 is 0 Å². The summed E-state index contributed by atoms with van der Waals surface area (Å²) < 4.78 is 11.8. The molecule has 0 aromatic heterocycles. The van der Waals surface area contributed by atoms with Crippen molar-refractivity contribution in [3.8, 4) is 5.75 Å².